The zero-order valence-electron chi connectivity index (χ0n) is 14.9. The van der Waals surface area contributed by atoms with E-state index in [0.29, 0.717) is 12.4 Å². The quantitative estimate of drug-likeness (QED) is 0.661. The summed E-state index contributed by atoms with van der Waals surface area (Å²) >= 11 is 1.47. The van der Waals surface area contributed by atoms with Gasteiger partial charge in [-0.2, -0.15) is 5.26 Å². The van der Waals surface area contributed by atoms with Crippen molar-refractivity contribution in [2.45, 2.75) is 32.4 Å². The molecule has 1 saturated heterocycles. The lowest BCUT2D eigenvalue weighted by Gasteiger charge is -2.29. The summed E-state index contributed by atoms with van der Waals surface area (Å²) in [6.07, 6.45) is 5.81. The molecule has 2 rings (SSSR count). The molecule has 0 aromatic carbocycles. The molecule has 0 amide bonds. The number of allylic oxidation sites excluding steroid dienone is 4. The Labute approximate surface area is 153 Å². The number of hydrogen-bond acceptors (Lipinski definition) is 5. The number of thioether (sulfide) groups is 1. The Hall–Kier alpha value is -2.13. The van der Waals surface area contributed by atoms with Crippen LogP contribution in [0, 0.1) is 11.3 Å². The average Bonchev–Trinajstić information content (AvgIpc) is 2.94. The maximum Gasteiger partial charge on any atom is 0.147 e. The highest BCUT2D eigenvalue weighted by Crippen LogP contribution is 2.41. The van der Waals surface area contributed by atoms with Crippen LogP contribution in [0.4, 0.5) is 4.39 Å². The van der Waals surface area contributed by atoms with Crippen LogP contribution >= 0.6 is 11.8 Å². The van der Waals surface area contributed by atoms with Crippen LogP contribution in [0.25, 0.3) is 0 Å². The smallest absolute Gasteiger partial charge is 0.147 e. The molecule has 0 bridgehead atoms. The van der Waals surface area contributed by atoms with Crippen LogP contribution in [0.2, 0.25) is 0 Å². The average molecular weight is 358 g/mol. The maximum atomic E-state index is 15.2. The number of amidine groups is 1. The van der Waals surface area contributed by atoms with Crippen LogP contribution in [0.1, 0.15) is 26.7 Å². The van der Waals surface area contributed by atoms with Crippen molar-refractivity contribution in [3.63, 3.8) is 0 Å². The third-order valence-corrected chi connectivity index (χ3v) is 4.98. The van der Waals surface area contributed by atoms with Gasteiger partial charge >= 0.3 is 0 Å². The van der Waals surface area contributed by atoms with Crippen molar-refractivity contribution in [2.24, 2.45) is 9.98 Å². The first-order valence-electron chi connectivity index (χ1n) is 8.16. The van der Waals surface area contributed by atoms with E-state index < -0.39 is 5.67 Å². The molecule has 2 aliphatic heterocycles. The molecule has 0 aromatic heterocycles. The van der Waals surface area contributed by atoms with Crippen molar-refractivity contribution in [1.29, 1.82) is 5.26 Å². The van der Waals surface area contributed by atoms with Gasteiger partial charge in [0.25, 0.3) is 0 Å². The predicted molar refractivity (Wildman–Crippen MR) is 104 cm³/mol. The maximum absolute atomic E-state index is 15.2. The number of fused-ring (bicyclic) bond motifs is 1. The minimum Gasteiger partial charge on any atom is -0.326 e. The Bertz CT molecular complexity index is 739. The van der Waals surface area contributed by atoms with Crippen molar-refractivity contribution < 1.29 is 4.39 Å². The number of alkyl halides is 1. The first-order valence-corrected chi connectivity index (χ1v) is 9.04. The van der Waals surface area contributed by atoms with E-state index in [-0.39, 0.29) is 19.4 Å². The number of aliphatic imine (C=N–C) groups is 2. The van der Waals surface area contributed by atoms with E-state index >= 15 is 4.39 Å². The fourth-order valence-corrected chi connectivity index (χ4v) is 3.61. The summed E-state index contributed by atoms with van der Waals surface area (Å²) < 4.78 is 15.2. The molecule has 1 fully saturated rings. The highest BCUT2D eigenvalue weighted by molar-refractivity contribution is 8.06. The first kappa shape index (κ1) is 19.2. The van der Waals surface area contributed by atoms with Crippen LogP contribution in [-0.2, 0) is 0 Å². The zero-order valence-corrected chi connectivity index (χ0v) is 15.7. The lowest BCUT2D eigenvalue weighted by molar-refractivity contribution is 0.186. The molecule has 0 N–H and O–H groups in total. The number of halogens is 1. The van der Waals surface area contributed by atoms with Crippen molar-refractivity contribution in [2.75, 3.05) is 20.1 Å². The molecule has 1 unspecified atom stereocenters. The summed E-state index contributed by atoms with van der Waals surface area (Å²) in [7, 11) is 1.72. The van der Waals surface area contributed by atoms with Gasteiger partial charge in [0.15, 0.2) is 0 Å². The molecule has 0 radical (unpaired) electrons. The molecule has 6 heteroatoms. The van der Waals surface area contributed by atoms with Gasteiger partial charge in [-0.3, -0.25) is 9.98 Å². The summed E-state index contributed by atoms with van der Waals surface area (Å²) in [6.45, 7) is 8.50. The second-order valence-corrected chi connectivity index (χ2v) is 6.93. The SMILES string of the molecule is C=C(S/C=C\C)C1=NCC(C(/C=C\C)=N/C)=C2CC(F)(CC#N)CN12. The van der Waals surface area contributed by atoms with Crippen molar-refractivity contribution >= 4 is 23.3 Å². The van der Waals surface area contributed by atoms with Gasteiger partial charge in [0.2, 0.25) is 0 Å². The fourth-order valence-electron chi connectivity index (χ4n) is 3.03. The van der Waals surface area contributed by atoms with E-state index in [1.54, 1.807) is 7.05 Å². The van der Waals surface area contributed by atoms with Crippen LogP contribution in [0.5, 0.6) is 0 Å². The third kappa shape index (κ3) is 4.10. The van der Waals surface area contributed by atoms with Gasteiger partial charge in [0.1, 0.15) is 11.5 Å². The summed E-state index contributed by atoms with van der Waals surface area (Å²) in [6, 6.07) is 1.97. The van der Waals surface area contributed by atoms with Gasteiger partial charge in [-0.1, -0.05) is 30.5 Å². The minimum absolute atomic E-state index is 0.125. The normalized spacial score (nSPS) is 24.0. The second-order valence-electron chi connectivity index (χ2n) is 5.93. The number of nitriles is 1. The lowest BCUT2D eigenvalue weighted by Crippen LogP contribution is -2.36. The van der Waals surface area contributed by atoms with Crippen molar-refractivity contribution in [3.8, 4) is 6.07 Å². The zero-order chi connectivity index (χ0) is 18.4. The molecule has 25 heavy (non-hydrogen) atoms. The molecule has 4 nitrogen and oxygen atoms in total. The Morgan fingerprint density at radius 1 is 1.52 bits per heavy atom. The summed E-state index contributed by atoms with van der Waals surface area (Å²) in [5, 5.41) is 10.9. The molecule has 2 heterocycles. The second kappa shape index (κ2) is 8.30. The molecule has 2 aliphatic rings. The topological polar surface area (TPSA) is 51.8 Å². The predicted octanol–water partition coefficient (Wildman–Crippen LogP) is 4.41. The van der Waals surface area contributed by atoms with Gasteiger partial charge in [-0.05, 0) is 25.3 Å². The molecule has 0 saturated carbocycles. The molecular weight excluding hydrogens is 335 g/mol. The highest BCUT2D eigenvalue weighted by Gasteiger charge is 2.45. The number of nitrogens with zero attached hydrogens (tertiary/aromatic N) is 4. The van der Waals surface area contributed by atoms with Crippen molar-refractivity contribution in [3.05, 3.63) is 46.4 Å². The molecule has 0 spiro atoms. The summed E-state index contributed by atoms with van der Waals surface area (Å²) in [5.74, 6) is 0.690. The molecule has 0 aromatic rings. The largest absolute Gasteiger partial charge is 0.326 e. The lowest BCUT2D eigenvalue weighted by atomic mass is 9.97. The van der Waals surface area contributed by atoms with Gasteiger partial charge in [0, 0.05) is 29.6 Å². The Morgan fingerprint density at radius 2 is 2.28 bits per heavy atom. The number of rotatable bonds is 6. The minimum atomic E-state index is -1.57. The standard InChI is InChI=1S/C19H23FN4S/c1-5-7-16(22-4)15-12-23-18(14(3)25-10-6-2)24-13-19(20,8-9-21)11-17(15)24/h5-7,10H,3,8,11-13H2,1-2,4H3/b7-5-,10-6-,22-16+. The molecule has 132 valence electrons. The van der Waals surface area contributed by atoms with Crippen LogP contribution in [-0.4, -0.2) is 42.3 Å². The highest BCUT2D eigenvalue weighted by atomic mass is 32.2. The van der Waals surface area contributed by atoms with Crippen LogP contribution in [0.3, 0.4) is 0 Å². The van der Waals surface area contributed by atoms with E-state index in [4.69, 9.17) is 5.26 Å². The van der Waals surface area contributed by atoms with E-state index in [1.807, 2.05) is 48.5 Å². The summed E-state index contributed by atoms with van der Waals surface area (Å²) in [4.78, 5) is 11.6. The van der Waals surface area contributed by atoms with E-state index in [2.05, 4.69) is 16.6 Å². The van der Waals surface area contributed by atoms with Gasteiger partial charge in [0.05, 0.1) is 31.3 Å². The third-order valence-electron chi connectivity index (χ3n) is 4.11. The fraction of sp³-hybridized carbons (Fsp3) is 0.421. The van der Waals surface area contributed by atoms with Gasteiger partial charge in [-0.25, -0.2) is 4.39 Å². The van der Waals surface area contributed by atoms with Crippen LogP contribution in [0.15, 0.2) is 56.4 Å². The number of hydrogen-bond donors (Lipinski definition) is 0. The van der Waals surface area contributed by atoms with Gasteiger partial charge in [-0.15, -0.1) is 0 Å². The van der Waals surface area contributed by atoms with E-state index in [0.717, 1.165) is 21.9 Å². The Morgan fingerprint density at radius 3 is 2.88 bits per heavy atom. The van der Waals surface area contributed by atoms with E-state index in [1.165, 1.54) is 11.8 Å². The molecule has 0 aliphatic carbocycles. The van der Waals surface area contributed by atoms with E-state index in [9.17, 15) is 0 Å². The Balaban J connectivity index is 2.45. The Kier molecular flexibility index (Phi) is 6.38. The van der Waals surface area contributed by atoms with Crippen LogP contribution < -0.4 is 0 Å². The molecule has 1 atom stereocenters. The summed E-state index contributed by atoms with van der Waals surface area (Å²) in [5.41, 5.74) is 1.02. The van der Waals surface area contributed by atoms with Gasteiger partial charge < -0.3 is 4.90 Å². The van der Waals surface area contributed by atoms with Crippen molar-refractivity contribution in [1.82, 2.24) is 4.90 Å². The molecular formula is C19H23FN4S. The monoisotopic (exact) mass is 358 g/mol. The first-order chi connectivity index (χ1) is 12.0.